The van der Waals surface area contributed by atoms with Gasteiger partial charge in [0.2, 0.25) is 0 Å². The minimum Gasteiger partial charge on any atom is -0.507 e. The molecule has 3 aromatic rings. The Morgan fingerprint density at radius 3 is 2.54 bits per heavy atom. The van der Waals surface area contributed by atoms with E-state index >= 15 is 0 Å². The highest BCUT2D eigenvalue weighted by molar-refractivity contribution is 5.99. The van der Waals surface area contributed by atoms with Gasteiger partial charge in [-0.2, -0.15) is 0 Å². The van der Waals surface area contributed by atoms with Crippen LogP contribution in [-0.2, 0) is 6.42 Å². The Morgan fingerprint density at radius 1 is 1.08 bits per heavy atom. The summed E-state index contributed by atoms with van der Waals surface area (Å²) >= 11 is 0. The smallest absolute Gasteiger partial charge is 0.258 e. The maximum atomic E-state index is 12.0. The SMILES string of the molecule is O=C(NCCc1nc2ccccc2c(=O)[nH]1)c1c(O)cccc1O. The summed E-state index contributed by atoms with van der Waals surface area (Å²) in [7, 11) is 0. The fraction of sp³-hybridized carbons (Fsp3) is 0.118. The first kappa shape index (κ1) is 15.5. The lowest BCUT2D eigenvalue weighted by Gasteiger charge is -2.08. The number of rotatable bonds is 4. The Hall–Kier alpha value is -3.35. The van der Waals surface area contributed by atoms with E-state index in [0.29, 0.717) is 23.1 Å². The third kappa shape index (κ3) is 3.05. The maximum Gasteiger partial charge on any atom is 0.258 e. The summed E-state index contributed by atoms with van der Waals surface area (Å²) in [5.41, 5.74) is 0.165. The van der Waals surface area contributed by atoms with Gasteiger partial charge in [-0.05, 0) is 24.3 Å². The fourth-order valence-electron chi connectivity index (χ4n) is 2.40. The van der Waals surface area contributed by atoms with Crippen LogP contribution in [0.4, 0.5) is 0 Å². The highest BCUT2D eigenvalue weighted by atomic mass is 16.3. The number of phenolic OH excluding ortho intramolecular Hbond substituents is 2. The van der Waals surface area contributed by atoms with E-state index in [2.05, 4.69) is 15.3 Å². The van der Waals surface area contributed by atoms with E-state index in [-0.39, 0.29) is 29.2 Å². The molecule has 24 heavy (non-hydrogen) atoms. The van der Waals surface area contributed by atoms with Crippen LogP contribution in [0.15, 0.2) is 47.3 Å². The van der Waals surface area contributed by atoms with Crippen molar-refractivity contribution in [1.82, 2.24) is 15.3 Å². The first-order valence-corrected chi connectivity index (χ1v) is 7.33. The van der Waals surface area contributed by atoms with Gasteiger partial charge in [0.15, 0.2) is 0 Å². The van der Waals surface area contributed by atoms with Gasteiger partial charge >= 0.3 is 0 Å². The Morgan fingerprint density at radius 2 is 1.79 bits per heavy atom. The van der Waals surface area contributed by atoms with Gasteiger partial charge < -0.3 is 20.5 Å². The van der Waals surface area contributed by atoms with E-state index in [1.54, 1.807) is 24.3 Å². The minimum atomic E-state index is -0.603. The van der Waals surface area contributed by atoms with Gasteiger partial charge in [-0.25, -0.2) is 4.98 Å². The number of amides is 1. The summed E-state index contributed by atoms with van der Waals surface area (Å²) in [5.74, 6) is -0.760. The lowest BCUT2D eigenvalue weighted by atomic mass is 10.1. The molecule has 122 valence electrons. The Labute approximate surface area is 136 Å². The van der Waals surface area contributed by atoms with Gasteiger partial charge in [-0.3, -0.25) is 9.59 Å². The zero-order valence-electron chi connectivity index (χ0n) is 12.6. The van der Waals surface area contributed by atoms with Crippen molar-refractivity contribution in [3.8, 4) is 11.5 Å². The number of aromatic nitrogens is 2. The average Bonchev–Trinajstić information content (AvgIpc) is 2.55. The number of nitrogens with one attached hydrogen (secondary N) is 2. The number of hydrogen-bond acceptors (Lipinski definition) is 5. The Kier molecular flexibility index (Phi) is 4.15. The van der Waals surface area contributed by atoms with Crippen LogP contribution in [0.25, 0.3) is 10.9 Å². The summed E-state index contributed by atoms with van der Waals surface area (Å²) in [6.07, 6.45) is 0.306. The summed E-state index contributed by atoms with van der Waals surface area (Å²) in [6, 6.07) is 11.1. The third-order valence-corrected chi connectivity index (χ3v) is 3.56. The predicted octanol–water partition coefficient (Wildman–Crippen LogP) is 1.31. The second-order valence-electron chi connectivity index (χ2n) is 5.21. The molecular formula is C17H15N3O4. The molecule has 0 fully saturated rings. The molecule has 1 aromatic heterocycles. The minimum absolute atomic E-state index is 0.183. The number of aromatic hydroxyl groups is 2. The molecule has 0 aliphatic rings. The molecule has 7 heteroatoms. The van der Waals surface area contributed by atoms with Gasteiger partial charge in [0.1, 0.15) is 22.9 Å². The molecule has 0 atom stereocenters. The molecule has 1 amide bonds. The molecule has 4 N–H and O–H groups in total. The van der Waals surface area contributed by atoms with Crippen molar-refractivity contribution >= 4 is 16.8 Å². The summed E-state index contributed by atoms with van der Waals surface area (Å²) in [6.45, 7) is 0.188. The topological polar surface area (TPSA) is 115 Å². The van der Waals surface area contributed by atoms with Crippen LogP contribution in [0.5, 0.6) is 11.5 Å². The molecule has 7 nitrogen and oxygen atoms in total. The average molecular weight is 325 g/mol. The number of H-pyrrole nitrogens is 1. The number of nitrogens with zero attached hydrogens (tertiary/aromatic N) is 1. The number of phenols is 2. The molecule has 0 saturated carbocycles. The van der Waals surface area contributed by atoms with Gasteiger partial charge in [0.25, 0.3) is 11.5 Å². The van der Waals surface area contributed by atoms with Crippen molar-refractivity contribution in [2.75, 3.05) is 6.54 Å². The molecular weight excluding hydrogens is 310 g/mol. The van der Waals surface area contributed by atoms with E-state index in [1.165, 1.54) is 18.2 Å². The van der Waals surface area contributed by atoms with Gasteiger partial charge in [-0.15, -0.1) is 0 Å². The molecule has 0 bridgehead atoms. The van der Waals surface area contributed by atoms with E-state index < -0.39 is 5.91 Å². The summed E-state index contributed by atoms with van der Waals surface area (Å²) < 4.78 is 0. The summed E-state index contributed by atoms with van der Waals surface area (Å²) in [4.78, 5) is 31.0. The number of fused-ring (bicyclic) bond motifs is 1. The second-order valence-corrected chi connectivity index (χ2v) is 5.21. The normalized spacial score (nSPS) is 10.7. The zero-order valence-corrected chi connectivity index (χ0v) is 12.6. The molecule has 0 spiro atoms. The van der Waals surface area contributed by atoms with E-state index in [9.17, 15) is 19.8 Å². The second kappa shape index (κ2) is 6.41. The molecule has 1 heterocycles. The number of carbonyl (C=O) groups is 1. The van der Waals surface area contributed by atoms with Gasteiger partial charge in [-0.1, -0.05) is 18.2 Å². The van der Waals surface area contributed by atoms with Crippen molar-refractivity contribution in [3.63, 3.8) is 0 Å². The fourth-order valence-corrected chi connectivity index (χ4v) is 2.40. The number of para-hydroxylation sites is 1. The van der Waals surface area contributed by atoms with Crippen LogP contribution >= 0.6 is 0 Å². The van der Waals surface area contributed by atoms with Crippen LogP contribution in [0.2, 0.25) is 0 Å². The largest absolute Gasteiger partial charge is 0.507 e. The van der Waals surface area contributed by atoms with Crippen LogP contribution in [-0.4, -0.2) is 32.6 Å². The van der Waals surface area contributed by atoms with Crippen LogP contribution < -0.4 is 10.9 Å². The van der Waals surface area contributed by atoms with Crippen molar-refractivity contribution in [1.29, 1.82) is 0 Å². The third-order valence-electron chi connectivity index (χ3n) is 3.56. The molecule has 0 unspecified atom stereocenters. The zero-order chi connectivity index (χ0) is 17.1. The molecule has 0 saturated heterocycles. The standard InChI is InChI=1S/C17H15N3O4/c21-12-6-3-7-13(22)15(12)17(24)18-9-8-14-19-11-5-2-1-4-10(11)16(23)20-14/h1-7,21-22H,8-9H2,(H,18,24)(H,19,20,23). The molecule has 0 aliphatic heterocycles. The lowest BCUT2D eigenvalue weighted by Crippen LogP contribution is -2.27. The Bertz CT molecular complexity index is 945. The number of carbonyl (C=O) groups excluding carboxylic acids is 1. The van der Waals surface area contributed by atoms with Crippen LogP contribution in [0.1, 0.15) is 16.2 Å². The predicted molar refractivity (Wildman–Crippen MR) is 88.2 cm³/mol. The van der Waals surface area contributed by atoms with Crippen LogP contribution in [0, 0.1) is 0 Å². The van der Waals surface area contributed by atoms with Crippen LogP contribution in [0.3, 0.4) is 0 Å². The molecule has 0 radical (unpaired) electrons. The summed E-state index contributed by atoms with van der Waals surface area (Å²) in [5, 5.41) is 22.4. The first-order chi connectivity index (χ1) is 11.6. The van der Waals surface area contributed by atoms with E-state index in [1.807, 2.05) is 0 Å². The van der Waals surface area contributed by atoms with Crippen molar-refractivity contribution in [3.05, 3.63) is 64.2 Å². The van der Waals surface area contributed by atoms with Crippen molar-refractivity contribution < 1.29 is 15.0 Å². The van der Waals surface area contributed by atoms with Crippen molar-refractivity contribution in [2.45, 2.75) is 6.42 Å². The van der Waals surface area contributed by atoms with E-state index in [0.717, 1.165) is 0 Å². The Balaban J connectivity index is 1.71. The van der Waals surface area contributed by atoms with Gasteiger partial charge in [0, 0.05) is 13.0 Å². The molecule has 0 aliphatic carbocycles. The molecule has 3 rings (SSSR count). The maximum absolute atomic E-state index is 12.0. The van der Waals surface area contributed by atoms with Crippen molar-refractivity contribution in [2.24, 2.45) is 0 Å². The monoisotopic (exact) mass is 325 g/mol. The molecule has 2 aromatic carbocycles. The number of aromatic amines is 1. The first-order valence-electron chi connectivity index (χ1n) is 7.33. The highest BCUT2D eigenvalue weighted by Crippen LogP contribution is 2.25. The van der Waals surface area contributed by atoms with Gasteiger partial charge in [0.05, 0.1) is 10.9 Å². The number of benzene rings is 2. The number of hydrogen-bond donors (Lipinski definition) is 4. The van der Waals surface area contributed by atoms with E-state index in [4.69, 9.17) is 0 Å². The highest BCUT2D eigenvalue weighted by Gasteiger charge is 2.15. The lowest BCUT2D eigenvalue weighted by molar-refractivity contribution is 0.0948. The quantitative estimate of drug-likeness (QED) is 0.577.